The largest absolute Gasteiger partial charge is 0.494 e. The summed E-state index contributed by atoms with van der Waals surface area (Å²) in [5.74, 6) is 1.46. The summed E-state index contributed by atoms with van der Waals surface area (Å²) in [6.45, 7) is 4.53. The lowest BCUT2D eigenvalue weighted by molar-refractivity contribution is -0.118. The molecule has 2 N–H and O–H groups in total. The van der Waals surface area contributed by atoms with E-state index in [4.69, 9.17) is 16.3 Å². The van der Waals surface area contributed by atoms with Crippen LogP contribution in [0.25, 0.3) is 0 Å². The fourth-order valence-corrected chi connectivity index (χ4v) is 3.85. The molecule has 0 aliphatic rings. The van der Waals surface area contributed by atoms with Gasteiger partial charge in [0.25, 0.3) is 5.91 Å². The number of halogens is 1. The van der Waals surface area contributed by atoms with Gasteiger partial charge in [-0.2, -0.15) is 11.8 Å². The van der Waals surface area contributed by atoms with Crippen molar-refractivity contribution in [1.82, 2.24) is 15.3 Å². The number of thioether (sulfide) groups is 2. The molecule has 1 heterocycles. The molecule has 0 bridgehead atoms. The second-order valence-corrected chi connectivity index (χ2v) is 8.91. The molecule has 2 aromatic rings. The van der Waals surface area contributed by atoms with Gasteiger partial charge in [-0.15, -0.1) is 0 Å². The van der Waals surface area contributed by atoms with Gasteiger partial charge in [0.15, 0.2) is 10.9 Å². The number of aromatic nitrogens is 2. The number of amides is 2. The lowest BCUT2D eigenvalue weighted by atomic mass is 10.2. The highest BCUT2D eigenvalue weighted by Gasteiger charge is 2.24. The zero-order valence-electron chi connectivity index (χ0n) is 17.8. The van der Waals surface area contributed by atoms with Gasteiger partial charge in [0, 0.05) is 11.4 Å². The minimum atomic E-state index is -0.732. The number of hydrogen-bond acceptors (Lipinski definition) is 7. The number of hydrogen-bond donors (Lipinski definition) is 2. The monoisotopic (exact) mass is 482 g/mol. The van der Waals surface area contributed by atoms with E-state index >= 15 is 0 Å². The van der Waals surface area contributed by atoms with Crippen LogP contribution in [0, 0.1) is 0 Å². The predicted molar refractivity (Wildman–Crippen MR) is 129 cm³/mol. The molecule has 0 unspecified atom stereocenters. The Morgan fingerprint density at radius 2 is 1.94 bits per heavy atom. The van der Waals surface area contributed by atoms with Gasteiger partial charge in [0.2, 0.25) is 5.91 Å². The van der Waals surface area contributed by atoms with Crippen LogP contribution in [0.5, 0.6) is 5.75 Å². The number of nitrogens with one attached hydrogen (secondary N) is 2. The summed E-state index contributed by atoms with van der Waals surface area (Å²) in [6, 6.07) is 6.35. The zero-order valence-corrected chi connectivity index (χ0v) is 20.2. The van der Waals surface area contributed by atoms with Crippen molar-refractivity contribution < 1.29 is 14.3 Å². The van der Waals surface area contributed by atoms with Crippen molar-refractivity contribution >= 4 is 52.6 Å². The smallest absolute Gasteiger partial charge is 0.272 e. The normalized spacial score (nSPS) is 11.6. The summed E-state index contributed by atoms with van der Waals surface area (Å²) in [4.78, 5) is 34.1. The Morgan fingerprint density at radius 1 is 1.19 bits per heavy atom. The molecule has 0 aliphatic carbocycles. The van der Waals surface area contributed by atoms with E-state index in [1.807, 2.05) is 13.2 Å². The molecule has 1 aromatic heterocycles. The number of carbonyl (C=O) groups excluding carboxylic acids is 2. The van der Waals surface area contributed by atoms with E-state index in [1.54, 1.807) is 36.0 Å². The maximum Gasteiger partial charge on any atom is 0.272 e. The number of anilines is 1. The first-order valence-electron chi connectivity index (χ1n) is 9.97. The fraction of sp³-hybridized carbons (Fsp3) is 0.429. The number of nitrogens with zero attached hydrogens (tertiary/aromatic N) is 2. The molecule has 7 nitrogen and oxygen atoms in total. The molecule has 0 radical (unpaired) electrons. The summed E-state index contributed by atoms with van der Waals surface area (Å²) < 4.78 is 5.41. The van der Waals surface area contributed by atoms with E-state index in [9.17, 15) is 9.59 Å². The van der Waals surface area contributed by atoms with Crippen molar-refractivity contribution in [2.45, 2.75) is 37.9 Å². The molecule has 0 spiro atoms. The number of carbonyl (C=O) groups is 2. The van der Waals surface area contributed by atoms with E-state index < -0.39 is 11.9 Å². The van der Waals surface area contributed by atoms with Crippen molar-refractivity contribution in [2.24, 2.45) is 0 Å². The second-order valence-electron chi connectivity index (χ2n) is 6.45. The van der Waals surface area contributed by atoms with Crippen LogP contribution in [0.15, 0.2) is 35.6 Å². The molecule has 2 amide bonds. The van der Waals surface area contributed by atoms with Crippen molar-refractivity contribution in [2.75, 3.05) is 29.7 Å². The Hall–Kier alpha value is -1.97. The van der Waals surface area contributed by atoms with Crippen molar-refractivity contribution in [3.63, 3.8) is 0 Å². The van der Waals surface area contributed by atoms with Gasteiger partial charge in [-0.3, -0.25) is 9.59 Å². The first-order valence-corrected chi connectivity index (χ1v) is 12.7. The minimum Gasteiger partial charge on any atom is -0.494 e. The molecule has 1 aromatic carbocycles. The Kier molecular flexibility index (Phi) is 11.0. The van der Waals surface area contributed by atoms with Gasteiger partial charge in [-0.1, -0.05) is 30.3 Å². The lowest BCUT2D eigenvalue weighted by Gasteiger charge is -2.18. The van der Waals surface area contributed by atoms with Crippen LogP contribution in [-0.4, -0.2) is 52.2 Å². The number of benzene rings is 1. The number of ether oxygens (including phenoxy) is 1. The van der Waals surface area contributed by atoms with Crippen LogP contribution in [-0.2, 0) is 4.79 Å². The maximum absolute atomic E-state index is 12.9. The molecular formula is C21H27ClN4O3S2. The summed E-state index contributed by atoms with van der Waals surface area (Å²) >= 11 is 9.20. The fourth-order valence-electron chi connectivity index (χ4n) is 2.53. The van der Waals surface area contributed by atoms with E-state index in [0.717, 1.165) is 17.9 Å². The Bertz CT molecular complexity index is 868. The molecule has 0 aliphatic heterocycles. The summed E-state index contributed by atoms with van der Waals surface area (Å²) in [5.41, 5.74) is 0.688. The van der Waals surface area contributed by atoms with Crippen molar-refractivity contribution in [3.05, 3.63) is 41.2 Å². The third kappa shape index (κ3) is 8.23. The number of rotatable bonds is 12. The van der Waals surface area contributed by atoms with Crippen LogP contribution in [0.3, 0.4) is 0 Å². The molecule has 0 fully saturated rings. The summed E-state index contributed by atoms with van der Waals surface area (Å²) in [5, 5.41) is 6.24. The summed E-state index contributed by atoms with van der Waals surface area (Å²) in [6.07, 6.45) is 4.79. The molecule has 1 atom stereocenters. The van der Waals surface area contributed by atoms with Gasteiger partial charge in [-0.25, -0.2) is 9.97 Å². The summed E-state index contributed by atoms with van der Waals surface area (Å²) in [7, 11) is 0. The standard InChI is InChI=1S/C21H27ClN4O3S2/c1-4-11-31-21-23-13-16(22)18(26-21)20(28)25-17(10-12-30-3)19(27)24-14-6-8-15(9-7-14)29-5-2/h6-9,13,17H,4-5,10-12H2,1-3H3,(H,24,27)(H,25,28)/t17-/m0/s1. The van der Waals surface area contributed by atoms with Gasteiger partial charge in [0.05, 0.1) is 17.8 Å². The highest BCUT2D eigenvalue weighted by molar-refractivity contribution is 7.99. The topological polar surface area (TPSA) is 93.2 Å². The molecule has 0 saturated carbocycles. The Balaban J connectivity index is 2.10. The SMILES string of the molecule is CCCSc1ncc(Cl)c(C(=O)N[C@@H](CCSC)C(=O)Nc2ccc(OCC)cc2)n1. The predicted octanol–water partition coefficient (Wildman–Crippen LogP) is 4.52. The first kappa shape index (κ1) is 25.3. The molecule has 2 rings (SSSR count). The first-order chi connectivity index (χ1) is 15.0. The van der Waals surface area contributed by atoms with Crippen LogP contribution >= 0.6 is 35.1 Å². The average molecular weight is 483 g/mol. The molecule has 168 valence electrons. The third-order valence-electron chi connectivity index (χ3n) is 4.04. The molecule has 10 heteroatoms. The van der Waals surface area contributed by atoms with E-state index in [2.05, 4.69) is 27.5 Å². The van der Waals surface area contributed by atoms with Crippen LogP contribution < -0.4 is 15.4 Å². The van der Waals surface area contributed by atoms with E-state index in [1.165, 1.54) is 18.0 Å². The lowest BCUT2D eigenvalue weighted by Crippen LogP contribution is -2.44. The van der Waals surface area contributed by atoms with E-state index in [-0.39, 0.29) is 16.6 Å². The Morgan fingerprint density at radius 3 is 2.58 bits per heavy atom. The van der Waals surface area contributed by atoms with E-state index in [0.29, 0.717) is 29.6 Å². The van der Waals surface area contributed by atoms with Crippen molar-refractivity contribution in [3.8, 4) is 5.75 Å². The van der Waals surface area contributed by atoms with Gasteiger partial charge in [0.1, 0.15) is 11.8 Å². The average Bonchev–Trinajstić information content (AvgIpc) is 2.77. The van der Waals surface area contributed by atoms with Gasteiger partial charge >= 0.3 is 0 Å². The third-order valence-corrected chi connectivity index (χ3v) is 6.03. The Labute approximate surface area is 196 Å². The van der Waals surface area contributed by atoms with Crippen LogP contribution in [0.2, 0.25) is 5.02 Å². The maximum atomic E-state index is 12.9. The van der Waals surface area contributed by atoms with Gasteiger partial charge < -0.3 is 15.4 Å². The van der Waals surface area contributed by atoms with Crippen molar-refractivity contribution in [1.29, 1.82) is 0 Å². The zero-order chi connectivity index (χ0) is 22.6. The molecule has 0 saturated heterocycles. The van der Waals surface area contributed by atoms with Crippen LogP contribution in [0.1, 0.15) is 37.2 Å². The quantitative estimate of drug-likeness (QED) is 0.339. The highest BCUT2D eigenvalue weighted by atomic mass is 35.5. The minimum absolute atomic E-state index is 0.0679. The van der Waals surface area contributed by atoms with Crippen LogP contribution in [0.4, 0.5) is 5.69 Å². The van der Waals surface area contributed by atoms with Gasteiger partial charge in [-0.05, 0) is 56.0 Å². The molecule has 31 heavy (non-hydrogen) atoms. The molecular weight excluding hydrogens is 456 g/mol. The highest BCUT2D eigenvalue weighted by Crippen LogP contribution is 2.20. The second kappa shape index (κ2) is 13.4.